The second kappa shape index (κ2) is 10.4. The van der Waals surface area contributed by atoms with Gasteiger partial charge in [0.15, 0.2) is 0 Å². The molecule has 2 amide bonds. The van der Waals surface area contributed by atoms with Crippen LogP contribution < -0.4 is 15.5 Å². The Morgan fingerprint density at radius 3 is 2.61 bits per heavy atom. The van der Waals surface area contributed by atoms with Crippen molar-refractivity contribution in [1.82, 2.24) is 10.2 Å². The Hall–Kier alpha value is -2.28. The number of halogens is 1. The van der Waals surface area contributed by atoms with E-state index in [1.165, 1.54) is 30.4 Å². The van der Waals surface area contributed by atoms with E-state index in [0.717, 1.165) is 38.3 Å². The second-order valence-corrected chi connectivity index (χ2v) is 8.86. The molecule has 2 aromatic rings. The van der Waals surface area contributed by atoms with Crippen molar-refractivity contribution in [2.75, 3.05) is 42.9 Å². The van der Waals surface area contributed by atoms with Crippen molar-refractivity contribution < 1.29 is 9.90 Å². The molecule has 1 unspecified atom stereocenters. The third-order valence-electron chi connectivity index (χ3n) is 6.08. The van der Waals surface area contributed by atoms with Gasteiger partial charge in [0.05, 0.1) is 16.8 Å². The fourth-order valence-corrected chi connectivity index (χ4v) is 4.73. The zero-order valence-corrected chi connectivity index (χ0v) is 18.6. The standard InChI is InChI=1S/C24H31ClN4O2/c25-22-14-20(8-9-23(22)29-11-4-1-5-12-29)27-24(31)26-15-21(30)17-28-13-10-18-6-2-3-7-19(18)16-28/h2-3,6-9,14,21,30H,1,4-5,10-13,15-17H2,(H2,26,27,31). The molecule has 0 spiro atoms. The Labute approximate surface area is 189 Å². The summed E-state index contributed by atoms with van der Waals surface area (Å²) in [6, 6.07) is 13.7. The molecule has 2 aliphatic heterocycles. The maximum Gasteiger partial charge on any atom is 0.319 e. The van der Waals surface area contributed by atoms with Crippen molar-refractivity contribution >= 4 is 29.0 Å². The molecule has 166 valence electrons. The maximum atomic E-state index is 12.3. The molecule has 7 heteroatoms. The molecule has 0 aromatic heterocycles. The van der Waals surface area contributed by atoms with Crippen LogP contribution in [0.15, 0.2) is 42.5 Å². The number of β-amino-alcohol motifs (C(OH)–C–C–N with tert-alkyl or cyclic N) is 1. The van der Waals surface area contributed by atoms with Gasteiger partial charge in [-0.15, -0.1) is 0 Å². The highest BCUT2D eigenvalue weighted by atomic mass is 35.5. The van der Waals surface area contributed by atoms with E-state index in [1.807, 2.05) is 12.1 Å². The second-order valence-electron chi connectivity index (χ2n) is 8.46. The van der Waals surface area contributed by atoms with Crippen LogP contribution in [0, 0.1) is 0 Å². The summed E-state index contributed by atoms with van der Waals surface area (Å²) in [5.74, 6) is 0. The number of carbonyl (C=O) groups is 1. The van der Waals surface area contributed by atoms with Crippen LogP contribution in [-0.4, -0.2) is 54.9 Å². The van der Waals surface area contributed by atoms with Gasteiger partial charge in [0.2, 0.25) is 0 Å². The van der Waals surface area contributed by atoms with Gasteiger partial charge in [-0.1, -0.05) is 35.9 Å². The predicted octanol–water partition coefficient (Wildman–Crippen LogP) is 3.87. The number of anilines is 2. The fourth-order valence-electron chi connectivity index (χ4n) is 4.43. The van der Waals surface area contributed by atoms with Gasteiger partial charge in [-0.05, 0) is 55.0 Å². The Morgan fingerprint density at radius 1 is 1.06 bits per heavy atom. The number of nitrogens with one attached hydrogen (secondary N) is 2. The van der Waals surface area contributed by atoms with Crippen LogP contribution in [0.1, 0.15) is 30.4 Å². The number of rotatable bonds is 6. The van der Waals surface area contributed by atoms with E-state index >= 15 is 0 Å². The third kappa shape index (κ3) is 5.91. The normalized spacial score (nSPS) is 17.7. The van der Waals surface area contributed by atoms with Gasteiger partial charge in [0.25, 0.3) is 0 Å². The smallest absolute Gasteiger partial charge is 0.319 e. The highest BCUT2D eigenvalue weighted by Gasteiger charge is 2.19. The molecule has 2 heterocycles. The summed E-state index contributed by atoms with van der Waals surface area (Å²) in [5.41, 5.74) is 4.36. The lowest BCUT2D eigenvalue weighted by molar-refractivity contribution is 0.106. The minimum absolute atomic E-state index is 0.198. The van der Waals surface area contributed by atoms with E-state index in [-0.39, 0.29) is 12.6 Å². The van der Waals surface area contributed by atoms with Crippen molar-refractivity contribution in [2.24, 2.45) is 0 Å². The largest absolute Gasteiger partial charge is 0.390 e. The fraction of sp³-hybridized carbons (Fsp3) is 0.458. The van der Waals surface area contributed by atoms with E-state index in [2.05, 4.69) is 44.7 Å². The van der Waals surface area contributed by atoms with Crippen molar-refractivity contribution in [2.45, 2.75) is 38.3 Å². The van der Waals surface area contributed by atoms with E-state index < -0.39 is 6.10 Å². The van der Waals surface area contributed by atoms with Crippen LogP contribution in [0.5, 0.6) is 0 Å². The first-order chi connectivity index (χ1) is 15.1. The number of amides is 2. The molecule has 0 bridgehead atoms. The third-order valence-corrected chi connectivity index (χ3v) is 6.38. The summed E-state index contributed by atoms with van der Waals surface area (Å²) in [5, 5.41) is 16.6. The molecule has 0 saturated carbocycles. The van der Waals surface area contributed by atoms with Gasteiger partial charge >= 0.3 is 6.03 Å². The number of urea groups is 1. The molecule has 1 saturated heterocycles. The molecule has 31 heavy (non-hydrogen) atoms. The highest BCUT2D eigenvalue weighted by molar-refractivity contribution is 6.33. The molecule has 2 aliphatic rings. The summed E-state index contributed by atoms with van der Waals surface area (Å²) < 4.78 is 0. The average molecular weight is 443 g/mol. The molecule has 0 aliphatic carbocycles. The first-order valence-corrected chi connectivity index (χ1v) is 11.5. The Morgan fingerprint density at radius 2 is 1.84 bits per heavy atom. The molecular formula is C24H31ClN4O2. The molecule has 1 atom stereocenters. The van der Waals surface area contributed by atoms with Crippen LogP contribution in [0.25, 0.3) is 0 Å². The molecule has 3 N–H and O–H groups in total. The lowest BCUT2D eigenvalue weighted by Gasteiger charge is -2.30. The zero-order valence-electron chi connectivity index (χ0n) is 17.8. The van der Waals surface area contributed by atoms with Gasteiger partial charge in [-0.2, -0.15) is 0 Å². The Kier molecular flexibility index (Phi) is 7.33. The minimum atomic E-state index is -0.624. The SMILES string of the molecule is O=C(NCC(O)CN1CCc2ccccc2C1)Nc1ccc(N2CCCCC2)c(Cl)c1. The van der Waals surface area contributed by atoms with Crippen molar-refractivity contribution in [3.63, 3.8) is 0 Å². The van der Waals surface area contributed by atoms with Gasteiger partial charge in [-0.25, -0.2) is 4.79 Å². The Bertz CT molecular complexity index is 901. The van der Waals surface area contributed by atoms with Gasteiger partial charge in [-0.3, -0.25) is 4.90 Å². The highest BCUT2D eigenvalue weighted by Crippen LogP contribution is 2.30. The van der Waals surface area contributed by atoms with Crippen LogP contribution in [0.2, 0.25) is 5.02 Å². The predicted molar refractivity (Wildman–Crippen MR) is 126 cm³/mol. The number of hydrogen-bond acceptors (Lipinski definition) is 4. The molecule has 6 nitrogen and oxygen atoms in total. The monoisotopic (exact) mass is 442 g/mol. The molecule has 1 fully saturated rings. The van der Waals surface area contributed by atoms with E-state index in [9.17, 15) is 9.90 Å². The minimum Gasteiger partial charge on any atom is -0.390 e. The molecule has 2 aromatic carbocycles. The number of nitrogens with zero attached hydrogens (tertiary/aromatic N) is 2. The zero-order chi connectivity index (χ0) is 21.6. The first kappa shape index (κ1) is 21.9. The number of carbonyl (C=O) groups excluding carboxylic acids is 1. The summed E-state index contributed by atoms with van der Waals surface area (Å²) >= 11 is 6.46. The molecule has 0 radical (unpaired) electrons. The number of aliphatic hydroxyl groups is 1. The van der Waals surface area contributed by atoms with Crippen LogP contribution in [0.4, 0.5) is 16.2 Å². The van der Waals surface area contributed by atoms with Crippen molar-refractivity contribution in [3.05, 3.63) is 58.6 Å². The van der Waals surface area contributed by atoms with Crippen LogP contribution in [-0.2, 0) is 13.0 Å². The number of piperidine rings is 1. The molecular weight excluding hydrogens is 412 g/mol. The summed E-state index contributed by atoms with van der Waals surface area (Å²) in [6.07, 6.45) is 4.01. The Balaban J connectivity index is 1.22. The lowest BCUT2D eigenvalue weighted by Crippen LogP contribution is -2.42. The quantitative estimate of drug-likeness (QED) is 0.635. The van der Waals surface area contributed by atoms with Gasteiger partial charge in [0.1, 0.15) is 0 Å². The lowest BCUT2D eigenvalue weighted by atomic mass is 10.00. The maximum absolute atomic E-state index is 12.3. The summed E-state index contributed by atoms with van der Waals surface area (Å²) in [7, 11) is 0. The van der Waals surface area contributed by atoms with E-state index in [0.29, 0.717) is 17.3 Å². The van der Waals surface area contributed by atoms with Crippen LogP contribution >= 0.6 is 11.6 Å². The first-order valence-electron chi connectivity index (χ1n) is 11.1. The van der Waals surface area contributed by atoms with Crippen LogP contribution in [0.3, 0.4) is 0 Å². The number of fused-ring (bicyclic) bond motifs is 1. The number of benzene rings is 2. The summed E-state index contributed by atoms with van der Waals surface area (Å²) in [6.45, 7) is 4.53. The number of aliphatic hydroxyl groups excluding tert-OH is 1. The van der Waals surface area contributed by atoms with Gasteiger partial charge < -0.3 is 20.6 Å². The number of hydrogen-bond donors (Lipinski definition) is 3. The average Bonchev–Trinajstić information content (AvgIpc) is 2.78. The van der Waals surface area contributed by atoms with E-state index in [4.69, 9.17) is 11.6 Å². The van der Waals surface area contributed by atoms with Crippen molar-refractivity contribution in [3.8, 4) is 0 Å². The van der Waals surface area contributed by atoms with Gasteiger partial charge in [0, 0.05) is 45.0 Å². The summed E-state index contributed by atoms with van der Waals surface area (Å²) in [4.78, 5) is 16.8. The topological polar surface area (TPSA) is 67.8 Å². The van der Waals surface area contributed by atoms with Crippen molar-refractivity contribution in [1.29, 1.82) is 0 Å². The molecule has 4 rings (SSSR count). The van der Waals surface area contributed by atoms with E-state index in [1.54, 1.807) is 6.07 Å².